The van der Waals surface area contributed by atoms with Crippen molar-refractivity contribution in [2.75, 3.05) is 20.1 Å². The first kappa shape index (κ1) is 16.9. The fourth-order valence-corrected chi connectivity index (χ4v) is 5.30. The molecule has 1 aromatic carbocycles. The molecule has 1 aromatic rings. The Kier molecular flexibility index (Phi) is 4.13. The third-order valence-electron chi connectivity index (χ3n) is 5.34. The molecule has 3 rings (SSSR count). The summed E-state index contributed by atoms with van der Waals surface area (Å²) in [4.78, 5) is 25.3. The average Bonchev–Trinajstić information content (AvgIpc) is 2.81. The fraction of sp³-hybridized carbons (Fsp3) is 0.500. The highest BCUT2D eigenvalue weighted by Gasteiger charge is 2.56. The van der Waals surface area contributed by atoms with Crippen molar-refractivity contribution in [1.82, 2.24) is 9.21 Å². The number of likely N-dealkylation sites (tertiary alicyclic amines) is 1. The molecule has 0 radical (unpaired) electrons. The van der Waals surface area contributed by atoms with Gasteiger partial charge >= 0.3 is 5.97 Å². The van der Waals surface area contributed by atoms with E-state index in [1.807, 2.05) is 0 Å². The Morgan fingerprint density at radius 3 is 2.33 bits per heavy atom. The Morgan fingerprint density at radius 2 is 1.79 bits per heavy atom. The maximum absolute atomic E-state index is 12.7. The number of nitrogens with zero attached hydrogens (tertiary/aromatic N) is 2. The van der Waals surface area contributed by atoms with E-state index in [0.717, 1.165) is 0 Å². The molecule has 2 heterocycles. The van der Waals surface area contributed by atoms with Crippen molar-refractivity contribution in [3.8, 4) is 0 Å². The van der Waals surface area contributed by atoms with E-state index in [9.17, 15) is 23.1 Å². The third-order valence-corrected chi connectivity index (χ3v) is 7.25. The minimum atomic E-state index is -3.59. The van der Waals surface area contributed by atoms with Crippen LogP contribution in [0, 0.1) is 5.92 Å². The van der Waals surface area contributed by atoms with E-state index in [4.69, 9.17) is 0 Å². The molecular formula is C16H20N2O5S. The summed E-state index contributed by atoms with van der Waals surface area (Å²) >= 11 is 0. The van der Waals surface area contributed by atoms with Gasteiger partial charge in [-0.25, -0.2) is 8.42 Å². The number of sulfonamides is 1. The first-order valence-electron chi connectivity index (χ1n) is 7.84. The Labute approximate surface area is 140 Å². The number of rotatable bonds is 3. The zero-order valence-electron chi connectivity index (χ0n) is 13.4. The summed E-state index contributed by atoms with van der Waals surface area (Å²) in [5, 5.41) is 9.46. The lowest BCUT2D eigenvalue weighted by Crippen LogP contribution is -2.56. The third kappa shape index (κ3) is 2.50. The molecule has 2 fully saturated rings. The summed E-state index contributed by atoms with van der Waals surface area (Å²) in [6.07, 6.45) is 0.647. The van der Waals surface area contributed by atoms with Crippen LogP contribution in [0.4, 0.5) is 0 Å². The van der Waals surface area contributed by atoms with Crippen LogP contribution >= 0.6 is 0 Å². The van der Waals surface area contributed by atoms with Crippen LogP contribution in [0.5, 0.6) is 0 Å². The molecule has 0 aromatic heterocycles. The number of aliphatic carboxylic acids is 1. The molecule has 1 unspecified atom stereocenters. The zero-order valence-corrected chi connectivity index (χ0v) is 14.2. The van der Waals surface area contributed by atoms with Gasteiger partial charge in [-0.1, -0.05) is 18.2 Å². The molecule has 2 saturated heterocycles. The van der Waals surface area contributed by atoms with Crippen LogP contribution < -0.4 is 0 Å². The summed E-state index contributed by atoms with van der Waals surface area (Å²) in [5.74, 6) is -1.97. The highest BCUT2D eigenvalue weighted by atomic mass is 32.2. The maximum Gasteiger partial charge on any atom is 0.309 e. The second-order valence-electron chi connectivity index (χ2n) is 6.37. The monoisotopic (exact) mass is 352 g/mol. The molecule has 1 atom stereocenters. The maximum atomic E-state index is 12.7. The fourth-order valence-electron chi connectivity index (χ4n) is 3.84. The van der Waals surface area contributed by atoms with Gasteiger partial charge in [0.05, 0.1) is 16.4 Å². The van der Waals surface area contributed by atoms with Gasteiger partial charge in [-0.3, -0.25) is 9.59 Å². The quantitative estimate of drug-likeness (QED) is 0.867. The molecule has 2 aliphatic heterocycles. The molecule has 8 heteroatoms. The van der Waals surface area contributed by atoms with Crippen LogP contribution in [0.3, 0.4) is 0 Å². The molecule has 2 aliphatic rings. The van der Waals surface area contributed by atoms with Gasteiger partial charge in [0.1, 0.15) is 0 Å². The normalized spacial score (nSPS) is 24.5. The van der Waals surface area contributed by atoms with Crippen molar-refractivity contribution in [3.63, 3.8) is 0 Å². The number of piperidine rings is 1. The smallest absolute Gasteiger partial charge is 0.309 e. The van der Waals surface area contributed by atoms with Gasteiger partial charge in [0.2, 0.25) is 15.9 Å². The van der Waals surface area contributed by atoms with Crippen LogP contribution in [-0.2, 0) is 19.6 Å². The lowest BCUT2D eigenvalue weighted by molar-refractivity contribution is -0.145. The van der Waals surface area contributed by atoms with E-state index in [1.165, 1.54) is 9.21 Å². The second kappa shape index (κ2) is 5.86. The number of carboxylic acids is 1. The Morgan fingerprint density at radius 1 is 1.21 bits per heavy atom. The van der Waals surface area contributed by atoms with Crippen molar-refractivity contribution in [1.29, 1.82) is 0 Å². The zero-order chi connectivity index (χ0) is 17.5. The van der Waals surface area contributed by atoms with Crippen molar-refractivity contribution in [2.24, 2.45) is 5.92 Å². The van der Waals surface area contributed by atoms with Crippen molar-refractivity contribution >= 4 is 21.9 Å². The predicted octanol–water partition coefficient (Wildman–Crippen LogP) is 0.773. The van der Waals surface area contributed by atoms with E-state index in [2.05, 4.69) is 0 Å². The average molecular weight is 352 g/mol. The summed E-state index contributed by atoms with van der Waals surface area (Å²) in [7, 11) is -1.98. The molecule has 1 amide bonds. The largest absolute Gasteiger partial charge is 0.481 e. The highest BCUT2D eigenvalue weighted by molar-refractivity contribution is 7.89. The Hall–Kier alpha value is -1.93. The first-order valence-corrected chi connectivity index (χ1v) is 9.28. The number of amides is 1. The summed E-state index contributed by atoms with van der Waals surface area (Å²) in [6.45, 7) is 0.414. The SMILES string of the molecule is CN1C(=O)CC(C(=O)O)C12CCN(S(=O)(=O)c1ccccc1)CC2. The Balaban J connectivity index is 1.83. The molecule has 1 N–H and O–H groups in total. The number of hydrogen-bond acceptors (Lipinski definition) is 4. The van der Waals surface area contributed by atoms with Gasteiger partial charge in [0.25, 0.3) is 0 Å². The van der Waals surface area contributed by atoms with Crippen LogP contribution in [-0.4, -0.2) is 60.3 Å². The van der Waals surface area contributed by atoms with Gasteiger partial charge in [-0.15, -0.1) is 0 Å². The topological polar surface area (TPSA) is 95.0 Å². The van der Waals surface area contributed by atoms with E-state index >= 15 is 0 Å². The molecule has 130 valence electrons. The summed E-state index contributed by atoms with van der Waals surface area (Å²) in [5.41, 5.74) is -0.786. The summed E-state index contributed by atoms with van der Waals surface area (Å²) in [6, 6.07) is 8.18. The molecule has 0 aliphatic carbocycles. The molecule has 24 heavy (non-hydrogen) atoms. The second-order valence-corrected chi connectivity index (χ2v) is 8.31. The minimum absolute atomic E-state index is 0.0166. The predicted molar refractivity (Wildman–Crippen MR) is 85.7 cm³/mol. The van der Waals surface area contributed by atoms with Crippen molar-refractivity contribution in [2.45, 2.75) is 29.7 Å². The molecule has 0 saturated carbocycles. The standard InChI is InChI=1S/C16H20N2O5S/c1-17-14(19)11-13(15(20)21)16(17)7-9-18(10-8-16)24(22,23)12-5-3-2-4-6-12/h2-6,13H,7-11H2,1H3,(H,20,21). The lowest BCUT2D eigenvalue weighted by atomic mass is 9.77. The van der Waals surface area contributed by atoms with Gasteiger partial charge in [-0.05, 0) is 25.0 Å². The molecule has 7 nitrogen and oxygen atoms in total. The Bertz CT molecular complexity index is 754. The van der Waals surface area contributed by atoms with Crippen LogP contribution in [0.2, 0.25) is 0 Å². The van der Waals surface area contributed by atoms with E-state index in [1.54, 1.807) is 37.4 Å². The summed E-state index contributed by atoms with van der Waals surface area (Å²) < 4.78 is 26.7. The van der Waals surface area contributed by atoms with Crippen molar-refractivity contribution < 1.29 is 23.1 Å². The molecular weight excluding hydrogens is 332 g/mol. The number of carbonyl (C=O) groups is 2. The highest BCUT2D eigenvalue weighted by Crippen LogP contribution is 2.43. The lowest BCUT2D eigenvalue weighted by Gasteiger charge is -2.45. The number of benzene rings is 1. The first-order chi connectivity index (χ1) is 11.3. The van der Waals surface area contributed by atoms with E-state index < -0.39 is 27.4 Å². The number of carbonyl (C=O) groups excluding carboxylic acids is 1. The van der Waals surface area contributed by atoms with Crippen LogP contribution in [0.15, 0.2) is 35.2 Å². The molecule has 1 spiro atoms. The van der Waals surface area contributed by atoms with Crippen molar-refractivity contribution in [3.05, 3.63) is 30.3 Å². The van der Waals surface area contributed by atoms with Gasteiger partial charge in [0, 0.05) is 26.6 Å². The van der Waals surface area contributed by atoms with E-state index in [-0.39, 0.29) is 30.3 Å². The number of hydrogen-bond donors (Lipinski definition) is 1. The van der Waals surface area contributed by atoms with Gasteiger partial charge < -0.3 is 10.0 Å². The molecule has 0 bridgehead atoms. The van der Waals surface area contributed by atoms with Crippen LogP contribution in [0.25, 0.3) is 0 Å². The minimum Gasteiger partial charge on any atom is -0.481 e. The van der Waals surface area contributed by atoms with Crippen LogP contribution in [0.1, 0.15) is 19.3 Å². The number of carboxylic acid groups (broad SMARTS) is 1. The van der Waals surface area contributed by atoms with Gasteiger partial charge in [-0.2, -0.15) is 4.31 Å². The van der Waals surface area contributed by atoms with Gasteiger partial charge in [0.15, 0.2) is 0 Å². The van der Waals surface area contributed by atoms with E-state index in [0.29, 0.717) is 12.8 Å².